The number of para-hydroxylation sites is 2. The van der Waals surface area contributed by atoms with Gasteiger partial charge in [-0.1, -0.05) is 42.5 Å². The first-order valence-electron chi connectivity index (χ1n) is 5.46. The normalized spacial score (nSPS) is 10.4. The summed E-state index contributed by atoms with van der Waals surface area (Å²) in [7, 11) is -3.38. The van der Waals surface area contributed by atoms with Crippen LogP contribution in [-0.4, -0.2) is 13.5 Å². The van der Waals surface area contributed by atoms with Gasteiger partial charge >= 0.3 is 0 Å². The fraction of sp³-hybridized carbons (Fsp3) is 0.0769. The molecule has 5 N–H and O–H groups in total. The highest BCUT2D eigenvalue weighted by Crippen LogP contribution is 2.16. The summed E-state index contributed by atoms with van der Waals surface area (Å²) in [6, 6.07) is 15.5. The molecule has 0 bridgehead atoms. The number of sulfonamides is 1. The largest absolute Gasteiger partial charge is 0.506 e. The predicted octanol–water partition coefficient (Wildman–Crippen LogP) is 1.45. The lowest BCUT2D eigenvalue weighted by Crippen LogP contribution is -2.14. The van der Waals surface area contributed by atoms with Gasteiger partial charge in [0.15, 0.2) is 0 Å². The van der Waals surface area contributed by atoms with Gasteiger partial charge in [-0.3, -0.25) is 0 Å². The highest BCUT2D eigenvalue weighted by Gasteiger charge is 2.02. The first kappa shape index (κ1) is 15.0. The average molecular weight is 280 g/mol. The zero-order chi connectivity index (χ0) is 14.3. The number of rotatable bonds is 2. The molecule has 0 amide bonds. The number of aromatic hydroxyl groups is 1. The number of nitrogen functional groups attached to an aromatic ring is 1. The molecule has 0 unspecified atom stereocenters. The van der Waals surface area contributed by atoms with E-state index in [-0.39, 0.29) is 11.5 Å². The van der Waals surface area contributed by atoms with E-state index in [2.05, 4.69) is 0 Å². The second kappa shape index (κ2) is 6.77. The van der Waals surface area contributed by atoms with E-state index < -0.39 is 10.0 Å². The molecule has 6 heteroatoms. The molecule has 0 fully saturated rings. The molecule has 0 saturated heterocycles. The number of primary sulfonamides is 1. The molecule has 0 spiro atoms. The van der Waals surface area contributed by atoms with E-state index in [1.807, 2.05) is 6.07 Å². The smallest absolute Gasteiger partial charge is 0.213 e. The third-order valence-corrected chi connectivity index (χ3v) is 2.88. The van der Waals surface area contributed by atoms with E-state index >= 15 is 0 Å². The van der Waals surface area contributed by atoms with Crippen molar-refractivity contribution >= 4 is 15.7 Å². The molecule has 0 heterocycles. The minimum absolute atomic E-state index is 0.0894. The molecule has 2 aromatic rings. The zero-order valence-corrected chi connectivity index (χ0v) is 11.0. The summed E-state index contributed by atoms with van der Waals surface area (Å²) in [6.07, 6.45) is 0. The second-order valence-electron chi connectivity index (χ2n) is 3.85. The molecule has 0 aliphatic carbocycles. The number of phenols is 1. The molecule has 0 aromatic heterocycles. The quantitative estimate of drug-likeness (QED) is 0.571. The van der Waals surface area contributed by atoms with Gasteiger partial charge in [-0.05, 0) is 17.7 Å². The Balaban J connectivity index is 0.000000200. The lowest BCUT2D eigenvalue weighted by Gasteiger charge is -1.96. The maximum absolute atomic E-state index is 10.6. The summed E-state index contributed by atoms with van der Waals surface area (Å²) in [5.74, 6) is 0.0564. The van der Waals surface area contributed by atoms with E-state index in [4.69, 9.17) is 16.0 Å². The third kappa shape index (κ3) is 6.44. The van der Waals surface area contributed by atoms with Crippen LogP contribution in [0.2, 0.25) is 0 Å². The summed E-state index contributed by atoms with van der Waals surface area (Å²) in [5, 5.41) is 13.6. The predicted molar refractivity (Wildman–Crippen MR) is 75.8 cm³/mol. The second-order valence-corrected chi connectivity index (χ2v) is 5.47. The average Bonchev–Trinajstić information content (AvgIpc) is 2.33. The maximum atomic E-state index is 10.6. The highest BCUT2D eigenvalue weighted by molar-refractivity contribution is 7.88. The Labute approximate surface area is 112 Å². The topological polar surface area (TPSA) is 106 Å². The molecule has 2 aromatic carbocycles. The van der Waals surface area contributed by atoms with Crippen LogP contribution >= 0.6 is 0 Å². The van der Waals surface area contributed by atoms with Crippen LogP contribution in [0.25, 0.3) is 0 Å². The highest BCUT2D eigenvalue weighted by atomic mass is 32.2. The van der Waals surface area contributed by atoms with Crippen molar-refractivity contribution in [3.05, 3.63) is 60.2 Å². The van der Waals surface area contributed by atoms with Crippen molar-refractivity contribution in [3.8, 4) is 5.75 Å². The zero-order valence-electron chi connectivity index (χ0n) is 10.2. The number of nitrogens with two attached hydrogens (primary N) is 2. The standard InChI is InChI=1S/C7H9NO2S.C6H7NO/c8-11(9,10)6-7-4-2-1-3-5-7;7-5-3-1-2-4-6(5)8/h1-5H,6H2,(H2,8,9,10);1-4,8H,7H2. The molecule has 102 valence electrons. The monoisotopic (exact) mass is 280 g/mol. The molecule has 0 aliphatic heterocycles. The first-order chi connectivity index (χ1) is 8.88. The van der Waals surface area contributed by atoms with E-state index in [1.54, 1.807) is 48.5 Å². The van der Waals surface area contributed by atoms with Crippen molar-refractivity contribution in [1.29, 1.82) is 0 Å². The molecule has 5 nitrogen and oxygen atoms in total. The molecule has 0 saturated carbocycles. The van der Waals surface area contributed by atoms with Crippen LogP contribution in [0.3, 0.4) is 0 Å². The Morgan fingerprint density at radius 3 is 1.89 bits per heavy atom. The number of anilines is 1. The molecule has 2 rings (SSSR count). The van der Waals surface area contributed by atoms with Crippen molar-refractivity contribution in [2.24, 2.45) is 5.14 Å². The van der Waals surface area contributed by atoms with Gasteiger partial charge in [0, 0.05) is 0 Å². The van der Waals surface area contributed by atoms with Crippen molar-refractivity contribution in [2.75, 3.05) is 5.73 Å². The Bertz CT molecular complexity index is 592. The molecule has 19 heavy (non-hydrogen) atoms. The molecular formula is C13H16N2O3S. The fourth-order valence-electron chi connectivity index (χ4n) is 1.29. The van der Waals surface area contributed by atoms with Gasteiger partial charge in [0.2, 0.25) is 10.0 Å². The Hall–Kier alpha value is -2.05. The Morgan fingerprint density at radius 1 is 0.947 bits per heavy atom. The summed E-state index contributed by atoms with van der Waals surface area (Å²) in [4.78, 5) is 0. The van der Waals surface area contributed by atoms with Gasteiger partial charge in [0.1, 0.15) is 5.75 Å². The van der Waals surface area contributed by atoms with E-state index in [1.165, 1.54) is 0 Å². The van der Waals surface area contributed by atoms with E-state index in [0.29, 0.717) is 5.69 Å². The summed E-state index contributed by atoms with van der Waals surface area (Å²) >= 11 is 0. The van der Waals surface area contributed by atoms with Gasteiger partial charge in [-0.25, -0.2) is 13.6 Å². The van der Waals surface area contributed by atoms with Crippen molar-refractivity contribution in [1.82, 2.24) is 0 Å². The SMILES string of the molecule is NS(=O)(=O)Cc1ccccc1.Nc1ccccc1O. The van der Waals surface area contributed by atoms with Crippen molar-refractivity contribution < 1.29 is 13.5 Å². The lowest BCUT2D eigenvalue weighted by molar-refractivity contribution is 0.478. The maximum Gasteiger partial charge on any atom is 0.213 e. The van der Waals surface area contributed by atoms with Crippen LogP contribution in [-0.2, 0) is 15.8 Å². The summed E-state index contributed by atoms with van der Waals surface area (Å²) in [6.45, 7) is 0. The van der Waals surface area contributed by atoms with Crippen LogP contribution in [0.15, 0.2) is 54.6 Å². The molecule has 0 radical (unpaired) electrons. The fourth-order valence-corrected chi connectivity index (χ4v) is 1.95. The van der Waals surface area contributed by atoms with Gasteiger partial charge in [-0.15, -0.1) is 0 Å². The van der Waals surface area contributed by atoms with E-state index in [0.717, 1.165) is 5.56 Å². The van der Waals surface area contributed by atoms with E-state index in [9.17, 15) is 8.42 Å². The van der Waals surface area contributed by atoms with Crippen LogP contribution in [0.1, 0.15) is 5.56 Å². The Morgan fingerprint density at radius 2 is 1.47 bits per heavy atom. The van der Waals surface area contributed by atoms with Gasteiger partial charge in [0.05, 0.1) is 11.4 Å². The number of phenolic OH excluding ortho intramolecular Hbond substituents is 1. The minimum Gasteiger partial charge on any atom is -0.506 e. The number of hydrogen-bond donors (Lipinski definition) is 3. The van der Waals surface area contributed by atoms with Gasteiger partial charge in [0.25, 0.3) is 0 Å². The molecule has 0 aliphatic rings. The summed E-state index contributed by atoms with van der Waals surface area (Å²) < 4.78 is 21.2. The Kier molecular flexibility index (Phi) is 5.35. The number of benzene rings is 2. The minimum atomic E-state index is -3.38. The van der Waals surface area contributed by atoms with Crippen LogP contribution < -0.4 is 10.9 Å². The summed E-state index contributed by atoms with van der Waals surface area (Å²) in [5.41, 5.74) is 6.41. The van der Waals surface area contributed by atoms with Crippen LogP contribution in [0, 0.1) is 0 Å². The first-order valence-corrected chi connectivity index (χ1v) is 7.18. The number of hydrogen-bond acceptors (Lipinski definition) is 4. The van der Waals surface area contributed by atoms with Gasteiger partial charge in [-0.2, -0.15) is 0 Å². The lowest BCUT2D eigenvalue weighted by atomic mass is 10.2. The third-order valence-electron chi connectivity index (χ3n) is 2.15. The van der Waals surface area contributed by atoms with Crippen LogP contribution in [0.5, 0.6) is 5.75 Å². The van der Waals surface area contributed by atoms with Crippen molar-refractivity contribution in [2.45, 2.75) is 5.75 Å². The van der Waals surface area contributed by atoms with Crippen molar-refractivity contribution in [3.63, 3.8) is 0 Å². The van der Waals surface area contributed by atoms with Crippen LogP contribution in [0.4, 0.5) is 5.69 Å². The van der Waals surface area contributed by atoms with Gasteiger partial charge < -0.3 is 10.8 Å². The molecular weight excluding hydrogens is 264 g/mol. The molecule has 0 atom stereocenters.